The van der Waals surface area contributed by atoms with Crippen LogP contribution in [0.3, 0.4) is 0 Å². The van der Waals surface area contributed by atoms with Gasteiger partial charge in [-0.2, -0.15) is 0 Å². The fourth-order valence-electron chi connectivity index (χ4n) is 2.76. The van der Waals surface area contributed by atoms with Crippen LogP contribution in [0.5, 0.6) is 0 Å². The number of hydrogen-bond donors (Lipinski definition) is 1. The number of amides is 1. The monoisotopic (exact) mass is 370 g/mol. The maximum absolute atomic E-state index is 12.3. The summed E-state index contributed by atoms with van der Waals surface area (Å²) in [7, 11) is 3.96. The standard InChI is InChI=1S/C18H27ClN2O2S/c1-18(2,12-22)8-5-9-21-16(23)11-24-17(21)14-7-6-13(20(3)4)10-15(14)19/h6-7,10,17,22H,5,8-9,11-12H2,1-4H3. The number of anilines is 1. The Balaban J connectivity index is 2.10. The van der Waals surface area contributed by atoms with Crippen molar-refractivity contribution in [2.45, 2.75) is 32.1 Å². The molecular formula is C18H27ClN2O2S. The van der Waals surface area contributed by atoms with Gasteiger partial charge in [-0.3, -0.25) is 4.79 Å². The van der Waals surface area contributed by atoms with Crippen molar-refractivity contribution in [1.29, 1.82) is 0 Å². The zero-order chi connectivity index (χ0) is 17.9. The highest BCUT2D eigenvalue weighted by molar-refractivity contribution is 8.00. The van der Waals surface area contributed by atoms with E-state index >= 15 is 0 Å². The van der Waals surface area contributed by atoms with E-state index in [-0.39, 0.29) is 23.3 Å². The van der Waals surface area contributed by atoms with Crippen LogP contribution in [0.2, 0.25) is 5.02 Å². The van der Waals surface area contributed by atoms with Gasteiger partial charge in [0.2, 0.25) is 5.91 Å². The molecule has 1 N–H and O–H groups in total. The summed E-state index contributed by atoms with van der Waals surface area (Å²) in [4.78, 5) is 16.2. The molecule has 1 aromatic carbocycles. The largest absolute Gasteiger partial charge is 0.396 e. The SMILES string of the molecule is CN(C)c1ccc(C2SCC(=O)N2CCCC(C)(C)CO)c(Cl)c1. The molecule has 1 aliphatic heterocycles. The molecule has 6 heteroatoms. The van der Waals surface area contributed by atoms with E-state index < -0.39 is 0 Å². The molecule has 1 saturated heterocycles. The van der Waals surface area contributed by atoms with Gasteiger partial charge in [-0.05, 0) is 30.4 Å². The molecule has 0 bridgehead atoms. The van der Waals surface area contributed by atoms with Gasteiger partial charge >= 0.3 is 0 Å². The zero-order valence-electron chi connectivity index (χ0n) is 14.9. The van der Waals surface area contributed by atoms with E-state index in [0.29, 0.717) is 17.3 Å². The number of carbonyl (C=O) groups is 1. The van der Waals surface area contributed by atoms with Gasteiger partial charge in [0.15, 0.2) is 0 Å². The molecule has 24 heavy (non-hydrogen) atoms. The molecule has 134 valence electrons. The molecule has 1 fully saturated rings. The maximum Gasteiger partial charge on any atom is 0.233 e. The first kappa shape index (κ1) is 19.4. The first-order valence-electron chi connectivity index (χ1n) is 8.24. The first-order valence-corrected chi connectivity index (χ1v) is 9.66. The van der Waals surface area contributed by atoms with Crippen LogP contribution in [-0.4, -0.2) is 48.9 Å². The van der Waals surface area contributed by atoms with Crippen molar-refractivity contribution in [3.8, 4) is 0 Å². The van der Waals surface area contributed by atoms with Crippen LogP contribution in [0.15, 0.2) is 18.2 Å². The highest BCUT2D eigenvalue weighted by atomic mass is 35.5. The lowest BCUT2D eigenvalue weighted by Crippen LogP contribution is -2.30. The molecule has 1 aromatic rings. The predicted molar refractivity (Wildman–Crippen MR) is 103 cm³/mol. The summed E-state index contributed by atoms with van der Waals surface area (Å²) < 4.78 is 0. The number of aliphatic hydroxyl groups excluding tert-OH is 1. The van der Waals surface area contributed by atoms with Gasteiger partial charge in [0.05, 0.1) is 5.75 Å². The van der Waals surface area contributed by atoms with Gasteiger partial charge in [-0.1, -0.05) is 31.5 Å². The lowest BCUT2D eigenvalue weighted by Gasteiger charge is -2.28. The Labute approximate surface area is 154 Å². The van der Waals surface area contributed by atoms with Crippen molar-refractivity contribution in [2.75, 3.05) is 37.9 Å². The van der Waals surface area contributed by atoms with E-state index in [1.165, 1.54) is 0 Å². The van der Waals surface area contributed by atoms with E-state index in [1.54, 1.807) is 11.8 Å². The predicted octanol–water partition coefficient (Wildman–Crippen LogP) is 3.78. The molecular weight excluding hydrogens is 344 g/mol. The van der Waals surface area contributed by atoms with Gasteiger partial charge in [-0.15, -0.1) is 11.8 Å². The average molecular weight is 371 g/mol. The Morgan fingerprint density at radius 2 is 2.12 bits per heavy atom. The molecule has 1 amide bonds. The van der Waals surface area contributed by atoms with Gasteiger partial charge < -0.3 is 14.9 Å². The first-order chi connectivity index (χ1) is 11.2. The number of nitrogens with zero attached hydrogens (tertiary/aromatic N) is 2. The van der Waals surface area contributed by atoms with Crippen molar-refractivity contribution < 1.29 is 9.90 Å². The summed E-state index contributed by atoms with van der Waals surface area (Å²) in [6, 6.07) is 6.02. The van der Waals surface area contributed by atoms with Gasteiger partial charge in [0.1, 0.15) is 5.37 Å². The molecule has 1 atom stereocenters. The Bertz CT molecular complexity index is 592. The Kier molecular flexibility index (Phi) is 6.46. The fraction of sp³-hybridized carbons (Fsp3) is 0.611. The molecule has 4 nitrogen and oxygen atoms in total. The van der Waals surface area contributed by atoms with Crippen LogP contribution in [0.4, 0.5) is 5.69 Å². The maximum atomic E-state index is 12.3. The summed E-state index contributed by atoms with van der Waals surface area (Å²) in [5.41, 5.74) is 1.95. The second kappa shape index (κ2) is 7.98. The Hall–Kier alpha value is -0.910. The summed E-state index contributed by atoms with van der Waals surface area (Å²) in [6.07, 6.45) is 1.77. The zero-order valence-corrected chi connectivity index (χ0v) is 16.5. The number of halogens is 1. The third-order valence-electron chi connectivity index (χ3n) is 4.42. The summed E-state index contributed by atoms with van der Waals surface area (Å²) in [5.74, 6) is 0.666. The van der Waals surface area contributed by atoms with Crippen LogP contribution in [0, 0.1) is 5.41 Å². The number of benzene rings is 1. The van der Waals surface area contributed by atoms with Crippen LogP contribution in [0.1, 0.15) is 37.6 Å². The van der Waals surface area contributed by atoms with Gasteiger partial charge in [-0.25, -0.2) is 0 Å². The number of hydrogen-bond acceptors (Lipinski definition) is 4. The normalized spacial score (nSPS) is 18.3. The molecule has 0 aliphatic carbocycles. The van der Waals surface area contributed by atoms with E-state index in [4.69, 9.17) is 11.6 Å². The number of aliphatic hydroxyl groups is 1. The van der Waals surface area contributed by atoms with Crippen molar-refractivity contribution in [1.82, 2.24) is 4.90 Å². The van der Waals surface area contributed by atoms with Crippen molar-refractivity contribution in [3.05, 3.63) is 28.8 Å². The highest BCUT2D eigenvalue weighted by Gasteiger charge is 2.34. The molecule has 0 radical (unpaired) electrons. The smallest absolute Gasteiger partial charge is 0.233 e. The van der Waals surface area contributed by atoms with E-state index in [9.17, 15) is 9.90 Å². The second-order valence-electron chi connectivity index (χ2n) is 7.28. The van der Waals surface area contributed by atoms with Crippen molar-refractivity contribution in [2.24, 2.45) is 5.41 Å². The van der Waals surface area contributed by atoms with Crippen LogP contribution in [-0.2, 0) is 4.79 Å². The minimum absolute atomic E-state index is 0.0153. The number of thioether (sulfide) groups is 1. The van der Waals surface area contributed by atoms with Crippen LogP contribution >= 0.6 is 23.4 Å². The molecule has 1 aliphatic rings. The van der Waals surface area contributed by atoms with E-state index in [1.807, 2.05) is 55.9 Å². The molecule has 1 unspecified atom stereocenters. The minimum Gasteiger partial charge on any atom is -0.396 e. The fourth-order valence-corrected chi connectivity index (χ4v) is 4.35. The highest BCUT2D eigenvalue weighted by Crippen LogP contribution is 2.42. The lowest BCUT2D eigenvalue weighted by molar-refractivity contribution is -0.128. The van der Waals surface area contributed by atoms with Crippen LogP contribution in [0.25, 0.3) is 0 Å². The van der Waals surface area contributed by atoms with E-state index in [0.717, 1.165) is 24.1 Å². The molecule has 0 spiro atoms. The topological polar surface area (TPSA) is 43.8 Å². The molecule has 0 saturated carbocycles. The minimum atomic E-state index is -0.101. The van der Waals surface area contributed by atoms with Gasteiger partial charge in [0.25, 0.3) is 0 Å². The summed E-state index contributed by atoms with van der Waals surface area (Å²) in [5, 5.41) is 10.1. The Morgan fingerprint density at radius 3 is 2.71 bits per heavy atom. The molecule has 1 heterocycles. The second-order valence-corrected chi connectivity index (χ2v) is 8.75. The third-order valence-corrected chi connectivity index (χ3v) is 5.98. The lowest BCUT2D eigenvalue weighted by atomic mass is 9.89. The number of rotatable bonds is 7. The third kappa shape index (κ3) is 4.58. The number of carbonyl (C=O) groups excluding carboxylic acids is 1. The van der Waals surface area contributed by atoms with Crippen molar-refractivity contribution >= 4 is 35.0 Å². The van der Waals surface area contributed by atoms with Gasteiger partial charge in [0, 0.05) is 43.5 Å². The Morgan fingerprint density at radius 1 is 1.42 bits per heavy atom. The van der Waals surface area contributed by atoms with E-state index in [2.05, 4.69) is 0 Å². The molecule has 0 aromatic heterocycles. The van der Waals surface area contributed by atoms with Crippen molar-refractivity contribution in [3.63, 3.8) is 0 Å². The molecule has 2 rings (SSSR count). The quantitative estimate of drug-likeness (QED) is 0.793. The summed E-state index contributed by atoms with van der Waals surface area (Å²) in [6.45, 7) is 4.95. The van der Waals surface area contributed by atoms with Crippen LogP contribution < -0.4 is 4.90 Å². The summed E-state index contributed by atoms with van der Waals surface area (Å²) >= 11 is 8.12. The average Bonchev–Trinajstić information content (AvgIpc) is 2.88.